The van der Waals surface area contributed by atoms with Gasteiger partial charge in [-0.3, -0.25) is 9.36 Å². The quantitative estimate of drug-likeness (QED) is 0.324. The van der Waals surface area contributed by atoms with E-state index in [1.165, 1.54) is 5.56 Å². The van der Waals surface area contributed by atoms with Crippen LogP contribution in [0.15, 0.2) is 64.5 Å². The number of rotatable bonds is 7. The third-order valence-electron chi connectivity index (χ3n) is 6.48. The Hall–Kier alpha value is -2.33. The SMILES string of the molecule is CC[C@@]1(C)Cc2ccccc2-c2nc(SCCC(C)C)n(Cc3ccccc3)c(=O)c21. The van der Waals surface area contributed by atoms with E-state index in [0.29, 0.717) is 12.5 Å². The summed E-state index contributed by atoms with van der Waals surface area (Å²) in [5.41, 5.74) is 5.26. The van der Waals surface area contributed by atoms with Crippen molar-refractivity contribution in [3.8, 4) is 11.3 Å². The lowest BCUT2D eigenvalue weighted by Crippen LogP contribution is -2.40. The maximum atomic E-state index is 14.0. The molecule has 1 aliphatic carbocycles. The molecule has 31 heavy (non-hydrogen) atoms. The average Bonchev–Trinajstić information content (AvgIpc) is 2.76. The molecule has 1 aromatic heterocycles. The summed E-state index contributed by atoms with van der Waals surface area (Å²) in [6.07, 6.45) is 2.90. The number of aromatic nitrogens is 2. The van der Waals surface area contributed by atoms with Gasteiger partial charge in [-0.1, -0.05) is 94.1 Å². The van der Waals surface area contributed by atoms with Crippen molar-refractivity contribution in [3.05, 3.63) is 81.6 Å². The van der Waals surface area contributed by atoms with E-state index >= 15 is 0 Å². The molecular formula is C27H32N2OS. The van der Waals surface area contributed by atoms with Crippen LogP contribution in [0.2, 0.25) is 0 Å². The summed E-state index contributed by atoms with van der Waals surface area (Å²) in [6, 6.07) is 18.7. The van der Waals surface area contributed by atoms with Gasteiger partial charge in [-0.2, -0.15) is 0 Å². The van der Waals surface area contributed by atoms with Gasteiger partial charge in [0.2, 0.25) is 0 Å². The molecule has 3 nitrogen and oxygen atoms in total. The zero-order valence-electron chi connectivity index (χ0n) is 19.0. The van der Waals surface area contributed by atoms with Crippen molar-refractivity contribution >= 4 is 11.8 Å². The molecule has 0 aliphatic heterocycles. The second kappa shape index (κ2) is 9.04. The summed E-state index contributed by atoms with van der Waals surface area (Å²) >= 11 is 1.72. The molecule has 0 amide bonds. The second-order valence-electron chi connectivity index (χ2n) is 9.27. The molecule has 3 aromatic rings. The van der Waals surface area contributed by atoms with Crippen molar-refractivity contribution < 1.29 is 0 Å². The molecule has 0 N–H and O–H groups in total. The minimum Gasteiger partial charge on any atom is -0.283 e. The fraction of sp³-hybridized carbons (Fsp3) is 0.407. The highest BCUT2D eigenvalue weighted by molar-refractivity contribution is 7.99. The first-order valence-electron chi connectivity index (χ1n) is 11.3. The summed E-state index contributed by atoms with van der Waals surface area (Å²) in [5.74, 6) is 1.59. The zero-order chi connectivity index (χ0) is 22.0. The Morgan fingerprint density at radius 3 is 2.52 bits per heavy atom. The highest BCUT2D eigenvalue weighted by Crippen LogP contribution is 2.43. The van der Waals surface area contributed by atoms with Crippen LogP contribution in [0.1, 0.15) is 57.2 Å². The lowest BCUT2D eigenvalue weighted by molar-refractivity contribution is 0.430. The topological polar surface area (TPSA) is 34.9 Å². The van der Waals surface area contributed by atoms with Gasteiger partial charge < -0.3 is 0 Å². The largest absolute Gasteiger partial charge is 0.283 e. The van der Waals surface area contributed by atoms with Crippen LogP contribution >= 0.6 is 11.8 Å². The first-order valence-corrected chi connectivity index (χ1v) is 12.3. The fourth-order valence-corrected chi connectivity index (χ4v) is 5.62. The van der Waals surface area contributed by atoms with Gasteiger partial charge in [0.15, 0.2) is 5.16 Å². The Morgan fingerprint density at radius 2 is 1.81 bits per heavy atom. The molecule has 162 valence electrons. The number of fused-ring (bicyclic) bond motifs is 3. The van der Waals surface area contributed by atoms with E-state index in [2.05, 4.69) is 64.1 Å². The first kappa shape index (κ1) is 21.9. The van der Waals surface area contributed by atoms with E-state index in [1.807, 2.05) is 22.8 Å². The third-order valence-corrected chi connectivity index (χ3v) is 7.49. The van der Waals surface area contributed by atoms with E-state index in [-0.39, 0.29) is 11.0 Å². The molecule has 4 rings (SSSR count). The van der Waals surface area contributed by atoms with Gasteiger partial charge >= 0.3 is 0 Å². The summed E-state index contributed by atoms with van der Waals surface area (Å²) < 4.78 is 1.92. The van der Waals surface area contributed by atoms with Crippen LogP contribution in [0.5, 0.6) is 0 Å². The number of nitrogens with zero attached hydrogens (tertiary/aromatic N) is 2. The molecular weight excluding hydrogens is 400 g/mol. The van der Waals surface area contributed by atoms with Gasteiger partial charge in [-0.05, 0) is 36.3 Å². The van der Waals surface area contributed by atoms with E-state index in [9.17, 15) is 4.79 Å². The molecule has 2 aromatic carbocycles. The van der Waals surface area contributed by atoms with Crippen molar-refractivity contribution in [3.63, 3.8) is 0 Å². The van der Waals surface area contributed by atoms with Crippen molar-refractivity contribution in [2.24, 2.45) is 5.92 Å². The smallest absolute Gasteiger partial charge is 0.258 e. The average molecular weight is 433 g/mol. The van der Waals surface area contributed by atoms with Gasteiger partial charge in [0.05, 0.1) is 17.8 Å². The lowest BCUT2D eigenvalue weighted by atomic mass is 9.69. The molecule has 1 atom stereocenters. The second-order valence-corrected chi connectivity index (χ2v) is 10.3. The van der Waals surface area contributed by atoms with Gasteiger partial charge in [-0.25, -0.2) is 4.98 Å². The van der Waals surface area contributed by atoms with Gasteiger partial charge in [-0.15, -0.1) is 0 Å². The summed E-state index contributed by atoms with van der Waals surface area (Å²) in [7, 11) is 0. The highest BCUT2D eigenvalue weighted by atomic mass is 32.2. The predicted molar refractivity (Wildman–Crippen MR) is 131 cm³/mol. The van der Waals surface area contributed by atoms with E-state index in [0.717, 1.165) is 52.6 Å². The Labute approximate surface area is 189 Å². The normalized spacial score (nSPS) is 17.5. The molecule has 0 unspecified atom stereocenters. The molecule has 0 bridgehead atoms. The Bertz CT molecular complexity index is 1120. The fourth-order valence-electron chi connectivity index (χ4n) is 4.39. The standard InChI is InChI=1S/C27H32N2OS/c1-5-27(4)17-21-13-9-10-14-22(21)24-23(27)25(30)29(18-20-11-7-6-8-12-20)26(28-24)31-16-15-19(2)3/h6-14,19H,5,15-18H2,1-4H3/t27-/m0/s1. The molecule has 1 heterocycles. The minimum absolute atomic E-state index is 0.125. The van der Waals surface area contributed by atoms with Crippen LogP contribution in [-0.2, 0) is 18.4 Å². The molecule has 1 aliphatic rings. The van der Waals surface area contributed by atoms with Crippen LogP contribution in [0.4, 0.5) is 0 Å². The number of hydrogen-bond donors (Lipinski definition) is 0. The molecule has 4 heteroatoms. The van der Waals surface area contributed by atoms with Gasteiger partial charge in [0.1, 0.15) is 0 Å². The number of benzene rings is 2. The van der Waals surface area contributed by atoms with Gasteiger partial charge in [0.25, 0.3) is 5.56 Å². The predicted octanol–water partition coefficient (Wildman–Crippen LogP) is 6.32. The zero-order valence-corrected chi connectivity index (χ0v) is 19.8. The third kappa shape index (κ3) is 4.36. The number of hydrogen-bond acceptors (Lipinski definition) is 3. The summed E-state index contributed by atoms with van der Waals surface area (Å²) in [4.78, 5) is 19.2. The molecule has 0 radical (unpaired) electrons. The molecule has 0 saturated heterocycles. The molecule has 0 spiro atoms. The summed E-state index contributed by atoms with van der Waals surface area (Å²) in [5, 5.41) is 0.836. The van der Waals surface area contributed by atoms with Crippen molar-refractivity contribution in [2.45, 2.75) is 64.1 Å². The first-order chi connectivity index (χ1) is 14.9. The van der Waals surface area contributed by atoms with E-state index < -0.39 is 0 Å². The van der Waals surface area contributed by atoms with Crippen molar-refractivity contribution in [1.82, 2.24) is 9.55 Å². The van der Waals surface area contributed by atoms with Crippen LogP contribution in [0.25, 0.3) is 11.3 Å². The molecule has 0 saturated carbocycles. The minimum atomic E-state index is -0.201. The van der Waals surface area contributed by atoms with Crippen LogP contribution in [0, 0.1) is 5.92 Å². The maximum absolute atomic E-state index is 14.0. The van der Waals surface area contributed by atoms with Crippen LogP contribution in [0.3, 0.4) is 0 Å². The van der Waals surface area contributed by atoms with Gasteiger partial charge in [0, 0.05) is 16.7 Å². The van der Waals surface area contributed by atoms with Crippen molar-refractivity contribution in [2.75, 3.05) is 5.75 Å². The highest BCUT2D eigenvalue weighted by Gasteiger charge is 2.38. The van der Waals surface area contributed by atoms with E-state index in [1.54, 1.807) is 11.8 Å². The Balaban J connectivity index is 1.90. The van der Waals surface area contributed by atoms with Crippen LogP contribution in [-0.4, -0.2) is 15.3 Å². The number of thioether (sulfide) groups is 1. The Kier molecular flexibility index (Phi) is 6.38. The maximum Gasteiger partial charge on any atom is 0.258 e. The monoisotopic (exact) mass is 432 g/mol. The summed E-state index contributed by atoms with van der Waals surface area (Å²) in [6.45, 7) is 9.44. The van der Waals surface area contributed by atoms with Crippen LogP contribution < -0.4 is 5.56 Å². The van der Waals surface area contributed by atoms with Crippen molar-refractivity contribution in [1.29, 1.82) is 0 Å². The Morgan fingerprint density at radius 1 is 1.10 bits per heavy atom. The lowest BCUT2D eigenvalue weighted by Gasteiger charge is -2.36. The molecule has 0 fully saturated rings. The van der Waals surface area contributed by atoms with E-state index in [4.69, 9.17) is 4.98 Å².